The Bertz CT molecular complexity index is 696. The number of amides is 1. The van der Waals surface area contributed by atoms with E-state index < -0.39 is 0 Å². The van der Waals surface area contributed by atoms with Gasteiger partial charge >= 0.3 is 0 Å². The van der Waals surface area contributed by atoms with Crippen LogP contribution in [0.4, 0.5) is 5.69 Å². The summed E-state index contributed by atoms with van der Waals surface area (Å²) in [5, 5.41) is 0. The molecule has 3 rings (SSSR count). The molecule has 5 heteroatoms. The van der Waals surface area contributed by atoms with Crippen LogP contribution in [0.2, 0.25) is 0 Å². The van der Waals surface area contributed by atoms with Gasteiger partial charge in [0.2, 0.25) is 5.76 Å². The maximum absolute atomic E-state index is 12.6. The van der Waals surface area contributed by atoms with Crippen molar-refractivity contribution in [2.75, 3.05) is 31.6 Å². The number of carbonyl (C=O) groups is 1. The van der Waals surface area contributed by atoms with E-state index in [1.807, 2.05) is 27.0 Å². The van der Waals surface area contributed by atoms with Gasteiger partial charge in [-0.15, -0.1) is 0 Å². The lowest BCUT2D eigenvalue weighted by atomic mass is 10.1. The fourth-order valence-corrected chi connectivity index (χ4v) is 3.30. The third kappa shape index (κ3) is 3.45. The van der Waals surface area contributed by atoms with Crippen molar-refractivity contribution in [3.8, 4) is 0 Å². The van der Waals surface area contributed by atoms with Gasteiger partial charge in [-0.3, -0.25) is 4.79 Å². The molecule has 0 spiro atoms. The number of nitrogens with zero attached hydrogens (tertiary/aromatic N) is 3. The van der Waals surface area contributed by atoms with Crippen molar-refractivity contribution in [1.82, 2.24) is 9.88 Å². The molecule has 0 N–H and O–H groups in total. The monoisotopic (exact) mass is 327 g/mol. The number of benzene rings is 1. The summed E-state index contributed by atoms with van der Waals surface area (Å²) in [5.74, 6) is 1.42. The highest BCUT2D eigenvalue weighted by Gasteiger charge is 2.27. The summed E-state index contributed by atoms with van der Waals surface area (Å²) >= 11 is 0. The number of carbonyl (C=O) groups excluding carboxylic acids is 1. The largest absolute Gasteiger partial charge is 0.435 e. The maximum atomic E-state index is 12.6. The minimum absolute atomic E-state index is 0.0714. The average molecular weight is 327 g/mol. The van der Waals surface area contributed by atoms with Crippen LogP contribution >= 0.6 is 0 Å². The molecule has 128 valence electrons. The molecule has 0 aliphatic carbocycles. The third-order valence-electron chi connectivity index (χ3n) is 4.62. The lowest BCUT2D eigenvalue weighted by molar-refractivity contribution is 0.0742. The molecule has 1 saturated heterocycles. The zero-order chi connectivity index (χ0) is 17.1. The highest BCUT2D eigenvalue weighted by molar-refractivity contribution is 5.92. The molecular formula is C19H25N3O2. The van der Waals surface area contributed by atoms with Crippen LogP contribution in [0.15, 0.2) is 34.7 Å². The Morgan fingerprint density at radius 1 is 1.38 bits per heavy atom. The maximum Gasteiger partial charge on any atom is 0.291 e. The van der Waals surface area contributed by atoms with E-state index >= 15 is 0 Å². The summed E-state index contributed by atoms with van der Waals surface area (Å²) in [6, 6.07) is 10.4. The van der Waals surface area contributed by atoms with Gasteiger partial charge in [-0.05, 0) is 31.4 Å². The molecule has 1 fully saturated rings. The number of oxazole rings is 1. The standard InChI is InChI=1S/C19H25N3O2/c1-4-17-20-14(2)18(24-17)19(23)21(3)12-15-10-11-22(13-15)16-8-6-5-7-9-16/h5-9,15H,4,10-13H2,1-3H3/t15-/m0/s1. The number of para-hydroxylation sites is 1. The van der Waals surface area contributed by atoms with Crippen LogP contribution in [0, 0.1) is 12.8 Å². The van der Waals surface area contributed by atoms with Crippen molar-refractivity contribution in [3.05, 3.63) is 47.7 Å². The van der Waals surface area contributed by atoms with E-state index in [-0.39, 0.29) is 5.91 Å². The fraction of sp³-hybridized carbons (Fsp3) is 0.474. The highest BCUT2D eigenvalue weighted by Crippen LogP contribution is 2.24. The fourth-order valence-electron chi connectivity index (χ4n) is 3.30. The smallest absolute Gasteiger partial charge is 0.291 e. The number of rotatable bonds is 5. The first-order valence-corrected chi connectivity index (χ1v) is 8.60. The number of aromatic nitrogens is 1. The minimum Gasteiger partial charge on any atom is -0.435 e. The third-order valence-corrected chi connectivity index (χ3v) is 4.62. The zero-order valence-corrected chi connectivity index (χ0v) is 14.7. The van der Waals surface area contributed by atoms with Crippen LogP contribution in [0.1, 0.15) is 35.5 Å². The van der Waals surface area contributed by atoms with Crippen molar-refractivity contribution in [1.29, 1.82) is 0 Å². The highest BCUT2D eigenvalue weighted by atomic mass is 16.4. The van der Waals surface area contributed by atoms with Gasteiger partial charge in [-0.1, -0.05) is 25.1 Å². The second-order valence-electron chi connectivity index (χ2n) is 6.50. The molecule has 2 heterocycles. The van der Waals surface area contributed by atoms with Gasteiger partial charge in [0.25, 0.3) is 5.91 Å². The molecule has 1 atom stereocenters. The van der Waals surface area contributed by atoms with Gasteiger partial charge < -0.3 is 14.2 Å². The lowest BCUT2D eigenvalue weighted by Gasteiger charge is -2.22. The molecule has 0 bridgehead atoms. The van der Waals surface area contributed by atoms with E-state index in [1.165, 1.54) is 5.69 Å². The second kappa shape index (κ2) is 7.07. The number of hydrogen-bond donors (Lipinski definition) is 0. The predicted molar refractivity (Wildman–Crippen MR) is 94.3 cm³/mol. The SMILES string of the molecule is CCc1nc(C)c(C(=O)N(C)C[C@@H]2CCN(c3ccccc3)C2)o1. The van der Waals surface area contributed by atoms with Gasteiger partial charge in [-0.25, -0.2) is 4.98 Å². The van der Waals surface area contributed by atoms with Crippen LogP contribution < -0.4 is 4.90 Å². The Kier molecular flexibility index (Phi) is 4.88. The second-order valence-corrected chi connectivity index (χ2v) is 6.50. The van der Waals surface area contributed by atoms with Crippen molar-refractivity contribution in [2.24, 2.45) is 5.92 Å². The van der Waals surface area contributed by atoms with E-state index in [9.17, 15) is 4.79 Å². The van der Waals surface area contributed by atoms with E-state index in [4.69, 9.17) is 4.42 Å². The van der Waals surface area contributed by atoms with Crippen LogP contribution in [-0.2, 0) is 6.42 Å². The van der Waals surface area contributed by atoms with E-state index in [0.717, 1.165) is 26.1 Å². The summed E-state index contributed by atoms with van der Waals surface area (Å²) in [5.41, 5.74) is 1.94. The van der Waals surface area contributed by atoms with Crippen molar-refractivity contribution in [2.45, 2.75) is 26.7 Å². The Hall–Kier alpha value is -2.30. The van der Waals surface area contributed by atoms with Crippen LogP contribution in [0.5, 0.6) is 0 Å². The molecule has 1 aromatic carbocycles. The molecule has 1 aromatic heterocycles. The summed E-state index contributed by atoms with van der Waals surface area (Å²) in [6.45, 7) is 6.56. The van der Waals surface area contributed by atoms with Crippen LogP contribution in [0.25, 0.3) is 0 Å². The zero-order valence-electron chi connectivity index (χ0n) is 14.7. The molecular weight excluding hydrogens is 302 g/mol. The Morgan fingerprint density at radius 2 is 2.12 bits per heavy atom. The summed E-state index contributed by atoms with van der Waals surface area (Å²) < 4.78 is 5.59. The Morgan fingerprint density at radius 3 is 2.79 bits per heavy atom. The first kappa shape index (κ1) is 16.6. The lowest BCUT2D eigenvalue weighted by Crippen LogP contribution is -2.33. The van der Waals surface area contributed by atoms with Gasteiger partial charge in [0.05, 0.1) is 5.69 Å². The summed E-state index contributed by atoms with van der Waals surface area (Å²) in [6.07, 6.45) is 1.80. The average Bonchev–Trinajstić information content (AvgIpc) is 3.21. The molecule has 2 aromatic rings. The molecule has 0 radical (unpaired) electrons. The summed E-state index contributed by atoms with van der Waals surface area (Å²) in [4.78, 5) is 21.1. The first-order valence-electron chi connectivity index (χ1n) is 8.60. The van der Waals surface area contributed by atoms with E-state index in [1.54, 1.807) is 4.90 Å². The van der Waals surface area contributed by atoms with Gasteiger partial charge in [0, 0.05) is 38.8 Å². The number of aryl methyl sites for hydroxylation is 2. The van der Waals surface area contributed by atoms with Crippen LogP contribution in [0.3, 0.4) is 0 Å². The normalized spacial score (nSPS) is 17.3. The molecule has 1 amide bonds. The van der Waals surface area contributed by atoms with Gasteiger partial charge in [0.1, 0.15) is 0 Å². The number of hydrogen-bond acceptors (Lipinski definition) is 4. The van der Waals surface area contributed by atoms with E-state index in [2.05, 4.69) is 34.1 Å². The quantitative estimate of drug-likeness (QED) is 0.846. The topological polar surface area (TPSA) is 49.6 Å². The van der Waals surface area contributed by atoms with Gasteiger partial charge in [0.15, 0.2) is 5.89 Å². The van der Waals surface area contributed by atoms with Crippen molar-refractivity contribution < 1.29 is 9.21 Å². The molecule has 0 saturated carbocycles. The van der Waals surface area contributed by atoms with Gasteiger partial charge in [-0.2, -0.15) is 0 Å². The molecule has 24 heavy (non-hydrogen) atoms. The molecule has 1 aliphatic heterocycles. The minimum atomic E-state index is -0.0714. The summed E-state index contributed by atoms with van der Waals surface area (Å²) in [7, 11) is 1.85. The van der Waals surface area contributed by atoms with Crippen LogP contribution in [-0.4, -0.2) is 42.5 Å². The molecule has 0 unspecified atom stereocenters. The predicted octanol–water partition coefficient (Wildman–Crippen LogP) is 3.14. The first-order chi connectivity index (χ1) is 11.6. The van der Waals surface area contributed by atoms with Crippen molar-refractivity contribution >= 4 is 11.6 Å². The Labute approximate surface area is 143 Å². The molecule has 1 aliphatic rings. The Balaban J connectivity index is 1.60. The van der Waals surface area contributed by atoms with Crippen molar-refractivity contribution in [3.63, 3.8) is 0 Å². The van der Waals surface area contributed by atoms with E-state index in [0.29, 0.717) is 29.7 Å². The number of anilines is 1. The molecule has 5 nitrogen and oxygen atoms in total.